The molecule has 0 aliphatic carbocycles. The second-order valence-electron chi connectivity index (χ2n) is 4.65. The maximum Gasteiger partial charge on any atom is 0.338 e. The number of rotatable bonds is 6. The second-order valence-corrected chi connectivity index (χ2v) is 4.65. The van der Waals surface area contributed by atoms with Crippen molar-refractivity contribution in [2.45, 2.75) is 39.2 Å². The number of anilines is 1. The smallest absolute Gasteiger partial charge is 0.338 e. The zero-order valence-corrected chi connectivity index (χ0v) is 11.3. The van der Waals surface area contributed by atoms with E-state index < -0.39 is 10.9 Å². The van der Waals surface area contributed by atoms with Crippen molar-refractivity contribution in [3.8, 4) is 0 Å². The minimum atomic E-state index is -1.18. The molecule has 0 heterocycles. The molecule has 0 aliphatic heterocycles. The Morgan fingerprint density at radius 2 is 2.00 bits per heavy atom. The Balaban J connectivity index is 3.37. The summed E-state index contributed by atoms with van der Waals surface area (Å²) in [6.07, 6.45) is 1.46. The van der Waals surface area contributed by atoms with Crippen LogP contribution in [0.2, 0.25) is 0 Å². The number of benzene rings is 1. The van der Waals surface area contributed by atoms with Crippen LogP contribution in [0.15, 0.2) is 18.2 Å². The number of aromatic carboxylic acids is 1. The van der Waals surface area contributed by atoms with E-state index in [1.165, 1.54) is 18.2 Å². The zero-order valence-electron chi connectivity index (χ0n) is 11.3. The van der Waals surface area contributed by atoms with Crippen molar-refractivity contribution in [3.05, 3.63) is 33.9 Å². The molecule has 0 saturated carbocycles. The minimum Gasteiger partial charge on any atom is -0.478 e. The van der Waals surface area contributed by atoms with E-state index in [1.54, 1.807) is 0 Å². The highest BCUT2D eigenvalue weighted by atomic mass is 16.6. The molecule has 0 saturated heterocycles. The van der Waals surface area contributed by atoms with E-state index in [9.17, 15) is 14.9 Å². The third kappa shape index (κ3) is 3.21. The maximum absolute atomic E-state index is 11.2. The Hall–Kier alpha value is -2.11. The van der Waals surface area contributed by atoms with Crippen LogP contribution in [-0.4, -0.2) is 21.5 Å². The van der Waals surface area contributed by atoms with Crippen LogP contribution in [0.4, 0.5) is 11.4 Å². The van der Waals surface area contributed by atoms with Gasteiger partial charge in [-0.25, -0.2) is 4.79 Å². The highest BCUT2D eigenvalue weighted by Gasteiger charge is 2.27. The number of carbonyl (C=O) groups is 1. The first-order chi connectivity index (χ1) is 8.84. The fraction of sp³-hybridized carbons (Fsp3) is 0.462. The van der Waals surface area contributed by atoms with E-state index in [1.807, 2.05) is 20.8 Å². The Kier molecular flexibility index (Phi) is 4.47. The molecule has 2 N–H and O–H groups in total. The van der Waals surface area contributed by atoms with Gasteiger partial charge in [-0.05, 0) is 25.8 Å². The Morgan fingerprint density at radius 1 is 1.42 bits per heavy atom. The van der Waals surface area contributed by atoms with Gasteiger partial charge < -0.3 is 10.4 Å². The van der Waals surface area contributed by atoms with Crippen LogP contribution in [0, 0.1) is 10.1 Å². The lowest BCUT2D eigenvalue weighted by atomic mass is 9.94. The van der Waals surface area contributed by atoms with Gasteiger partial charge in [0.2, 0.25) is 0 Å². The fourth-order valence-electron chi connectivity index (χ4n) is 1.73. The van der Waals surface area contributed by atoms with Crippen LogP contribution in [0.25, 0.3) is 0 Å². The normalized spacial score (nSPS) is 11.1. The van der Waals surface area contributed by atoms with E-state index in [0.717, 1.165) is 12.8 Å². The molecule has 0 radical (unpaired) electrons. The van der Waals surface area contributed by atoms with Gasteiger partial charge in [0.25, 0.3) is 5.69 Å². The van der Waals surface area contributed by atoms with Gasteiger partial charge in [-0.1, -0.05) is 19.9 Å². The van der Waals surface area contributed by atoms with E-state index in [4.69, 9.17) is 5.11 Å². The molecule has 0 atom stereocenters. The van der Waals surface area contributed by atoms with Gasteiger partial charge in [0, 0.05) is 11.6 Å². The van der Waals surface area contributed by atoms with Crippen LogP contribution in [-0.2, 0) is 0 Å². The highest BCUT2D eigenvalue weighted by molar-refractivity contribution is 5.97. The molecule has 104 valence electrons. The van der Waals surface area contributed by atoms with Gasteiger partial charge in [-0.2, -0.15) is 0 Å². The molecule has 1 rings (SSSR count). The van der Waals surface area contributed by atoms with Crippen molar-refractivity contribution >= 4 is 17.3 Å². The predicted molar refractivity (Wildman–Crippen MR) is 72.7 cm³/mol. The van der Waals surface area contributed by atoms with E-state index in [-0.39, 0.29) is 22.5 Å². The second kappa shape index (κ2) is 5.69. The van der Waals surface area contributed by atoms with Crippen molar-refractivity contribution in [1.82, 2.24) is 0 Å². The van der Waals surface area contributed by atoms with Crippen LogP contribution in [0.3, 0.4) is 0 Å². The van der Waals surface area contributed by atoms with Crippen LogP contribution < -0.4 is 5.32 Å². The average Bonchev–Trinajstić information content (AvgIpc) is 2.38. The molecule has 6 nitrogen and oxygen atoms in total. The summed E-state index contributed by atoms with van der Waals surface area (Å²) in [5.41, 5.74) is -0.599. The summed E-state index contributed by atoms with van der Waals surface area (Å²) in [7, 11) is 0. The van der Waals surface area contributed by atoms with Crippen molar-refractivity contribution in [2.24, 2.45) is 0 Å². The van der Waals surface area contributed by atoms with Gasteiger partial charge in [-0.15, -0.1) is 0 Å². The average molecular weight is 266 g/mol. The summed E-state index contributed by atoms with van der Waals surface area (Å²) in [6.45, 7) is 5.81. The first kappa shape index (κ1) is 14.9. The van der Waals surface area contributed by atoms with E-state index in [2.05, 4.69) is 5.32 Å². The van der Waals surface area contributed by atoms with Crippen molar-refractivity contribution in [3.63, 3.8) is 0 Å². The van der Waals surface area contributed by atoms with Crippen LogP contribution >= 0.6 is 0 Å². The number of nitrogens with zero attached hydrogens (tertiary/aromatic N) is 1. The molecule has 1 aromatic rings. The van der Waals surface area contributed by atoms with Gasteiger partial charge >= 0.3 is 5.97 Å². The number of carboxylic acid groups (broad SMARTS) is 1. The summed E-state index contributed by atoms with van der Waals surface area (Å²) >= 11 is 0. The number of para-hydroxylation sites is 1. The molecular weight excluding hydrogens is 248 g/mol. The van der Waals surface area contributed by atoms with Gasteiger partial charge in [-0.3, -0.25) is 10.1 Å². The zero-order chi connectivity index (χ0) is 14.6. The molecule has 19 heavy (non-hydrogen) atoms. The molecule has 0 amide bonds. The lowest BCUT2D eigenvalue weighted by Gasteiger charge is -2.29. The summed E-state index contributed by atoms with van der Waals surface area (Å²) in [5.74, 6) is -1.18. The molecule has 6 heteroatoms. The van der Waals surface area contributed by atoms with Crippen LogP contribution in [0.1, 0.15) is 44.0 Å². The number of hydrogen-bond acceptors (Lipinski definition) is 4. The standard InChI is InChI=1S/C13H18N2O4/c1-4-13(3,5-2)14-11-9(12(16)17)7-6-8-10(11)15(18)19/h6-8,14H,4-5H2,1-3H3,(H,16,17). The number of carboxylic acids is 1. The number of hydrogen-bond donors (Lipinski definition) is 2. The largest absolute Gasteiger partial charge is 0.478 e. The fourth-order valence-corrected chi connectivity index (χ4v) is 1.73. The van der Waals surface area contributed by atoms with E-state index >= 15 is 0 Å². The summed E-state index contributed by atoms with van der Waals surface area (Å²) < 4.78 is 0. The molecule has 0 unspecified atom stereocenters. The molecule has 0 bridgehead atoms. The maximum atomic E-state index is 11.2. The molecule has 0 fully saturated rings. The first-order valence-electron chi connectivity index (χ1n) is 6.13. The Morgan fingerprint density at radius 3 is 2.42 bits per heavy atom. The summed E-state index contributed by atoms with van der Waals surface area (Å²) in [6, 6.07) is 4.05. The third-order valence-electron chi connectivity index (χ3n) is 3.46. The predicted octanol–water partition coefficient (Wildman–Crippen LogP) is 3.28. The van der Waals surface area contributed by atoms with Crippen molar-refractivity contribution in [2.75, 3.05) is 5.32 Å². The van der Waals surface area contributed by atoms with Gasteiger partial charge in [0.05, 0.1) is 10.5 Å². The monoisotopic (exact) mass is 266 g/mol. The van der Waals surface area contributed by atoms with Gasteiger partial charge in [0.1, 0.15) is 5.69 Å². The molecule has 1 aromatic carbocycles. The lowest BCUT2D eigenvalue weighted by Crippen LogP contribution is -2.34. The lowest BCUT2D eigenvalue weighted by molar-refractivity contribution is -0.384. The van der Waals surface area contributed by atoms with Crippen molar-refractivity contribution in [1.29, 1.82) is 0 Å². The number of nitrogens with one attached hydrogen (secondary N) is 1. The topological polar surface area (TPSA) is 92.5 Å². The van der Waals surface area contributed by atoms with Crippen LogP contribution in [0.5, 0.6) is 0 Å². The molecule has 0 aliphatic rings. The number of nitro groups is 1. The SMILES string of the molecule is CCC(C)(CC)Nc1c(C(=O)O)cccc1[N+](=O)[O-]. The highest BCUT2D eigenvalue weighted by Crippen LogP contribution is 2.32. The molecular formula is C13H18N2O4. The summed E-state index contributed by atoms with van der Waals surface area (Å²) in [5, 5.41) is 23.2. The quantitative estimate of drug-likeness (QED) is 0.608. The van der Waals surface area contributed by atoms with Crippen molar-refractivity contribution < 1.29 is 14.8 Å². The minimum absolute atomic E-state index is 0.0752. The van der Waals surface area contributed by atoms with Gasteiger partial charge in [0.15, 0.2) is 0 Å². The molecule has 0 spiro atoms. The van der Waals surface area contributed by atoms with E-state index in [0.29, 0.717) is 0 Å². The molecule has 0 aromatic heterocycles. The first-order valence-corrected chi connectivity index (χ1v) is 6.13. The Labute approximate surface area is 111 Å². The summed E-state index contributed by atoms with van der Waals surface area (Å²) in [4.78, 5) is 21.7. The number of nitro benzene ring substituents is 1. The Bertz CT molecular complexity index is 463. The third-order valence-corrected chi connectivity index (χ3v) is 3.46.